The molecule has 2 saturated heterocycles. The molecule has 2 aromatic rings. The van der Waals surface area contributed by atoms with Crippen molar-refractivity contribution in [1.29, 1.82) is 0 Å². The van der Waals surface area contributed by atoms with Gasteiger partial charge >= 0.3 is 6.09 Å². The van der Waals surface area contributed by atoms with Crippen LogP contribution >= 0.6 is 11.8 Å². The van der Waals surface area contributed by atoms with Crippen LogP contribution in [0.25, 0.3) is 11.3 Å². The number of nitrogens with zero attached hydrogens (tertiary/aromatic N) is 2. The van der Waals surface area contributed by atoms with Crippen molar-refractivity contribution < 1.29 is 19.0 Å². The summed E-state index contributed by atoms with van der Waals surface area (Å²) >= 11 is 1.73. The van der Waals surface area contributed by atoms with Gasteiger partial charge in [0.1, 0.15) is 23.1 Å². The molecule has 1 aliphatic carbocycles. The Bertz CT molecular complexity index is 973. The molecular formula is C24H28N2O4S. The summed E-state index contributed by atoms with van der Waals surface area (Å²) in [6, 6.07) is 12.4. The van der Waals surface area contributed by atoms with Crippen LogP contribution in [0.5, 0.6) is 5.75 Å². The van der Waals surface area contributed by atoms with E-state index in [1.807, 2.05) is 32.9 Å². The van der Waals surface area contributed by atoms with E-state index in [4.69, 9.17) is 14.2 Å². The van der Waals surface area contributed by atoms with Crippen molar-refractivity contribution in [3.63, 3.8) is 0 Å². The lowest BCUT2D eigenvalue weighted by Gasteiger charge is -2.63. The Morgan fingerprint density at radius 2 is 1.97 bits per heavy atom. The summed E-state index contributed by atoms with van der Waals surface area (Å²) in [4.78, 5) is 20.1. The minimum absolute atomic E-state index is 0.0368. The highest BCUT2D eigenvalue weighted by atomic mass is 32.2. The molecule has 1 aromatic heterocycles. The summed E-state index contributed by atoms with van der Waals surface area (Å²) < 4.78 is 17.8. The number of aromatic nitrogens is 1. The maximum atomic E-state index is 12.5. The van der Waals surface area contributed by atoms with Gasteiger partial charge in [0.25, 0.3) is 0 Å². The molecule has 3 fully saturated rings. The van der Waals surface area contributed by atoms with Gasteiger partial charge in [-0.15, -0.1) is 11.8 Å². The second kappa shape index (κ2) is 7.41. The largest absolute Gasteiger partial charge is 0.488 e. The number of rotatable bonds is 4. The summed E-state index contributed by atoms with van der Waals surface area (Å²) in [6.45, 7) is 7.52. The fourth-order valence-corrected chi connectivity index (χ4v) is 5.31. The third-order valence-corrected chi connectivity index (χ3v) is 7.22. The second-order valence-electron chi connectivity index (χ2n) is 9.53. The zero-order valence-corrected chi connectivity index (χ0v) is 19.1. The van der Waals surface area contributed by atoms with Gasteiger partial charge in [-0.3, -0.25) is 4.98 Å². The standard InChI is InChI=1S/C24H28N2O4S/c1-23(2,3)30-22(27)26-12-18-21(19-13-28-24(18,19)14-26)29-16-7-10-20(25-11-16)15-5-8-17(31-4)9-6-15/h5-11,18-19,21H,12-14H2,1-4H3. The van der Waals surface area contributed by atoms with E-state index in [0.29, 0.717) is 25.6 Å². The SMILES string of the molecule is CSc1ccc(-c2ccc(OC3C4COC45CN(C(=O)OC(C)(C)C)CC35)cn2)cc1. The normalized spacial score (nSPS) is 28.8. The minimum atomic E-state index is -0.505. The first-order chi connectivity index (χ1) is 14.8. The summed E-state index contributed by atoms with van der Waals surface area (Å²) in [5, 5.41) is 0. The van der Waals surface area contributed by atoms with Crippen LogP contribution in [0.1, 0.15) is 20.8 Å². The van der Waals surface area contributed by atoms with Gasteiger partial charge in [0, 0.05) is 22.9 Å². The number of likely N-dealkylation sites (tertiary alicyclic amines) is 1. The van der Waals surface area contributed by atoms with Gasteiger partial charge in [-0.2, -0.15) is 0 Å². The number of benzene rings is 1. The van der Waals surface area contributed by atoms with E-state index in [-0.39, 0.29) is 23.7 Å². The highest BCUT2D eigenvalue weighted by Gasteiger charge is 2.74. The zero-order chi connectivity index (χ0) is 21.8. The zero-order valence-electron chi connectivity index (χ0n) is 18.3. The van der Waals surface area contributed by atoms with E-state index in [9.17, 15) is 4.79 Å². The fourth-order valence-electron chi connectivity index (χ4n) is 4.90. The predicted octanol–water partition coefficient (Wildman–Crippen LogP) is 4.48. The van der Waals surface area contributed by atoms with Crippen molar-refractivity contribution >= 4 is 17.9 Å². The number of carbonyl (C=O) groups excluding carboxylic acids is 1. The van der Waals surface area contributed by atoms with Crippen molar-refractivity contribution in [3.05, 3.63) is 42.6 Å². The Morgan fingerprint density at radius 3 is 2.55 bits per heavy atom. The molecule has 1 saturated carbocycles. The van der Waals surface area contributed by atoms with Gasteiger partial charge in [-0.1, -0.05) is 12.1 Å². The number of ether oxygens (including phenoxy) is 3. The van der Waals surface area contributed by atoms with E-state index >= 15 is 0 Å². The summed E-state index contributed by atoms with van der Waals surface area (Å²) in [6.07, 6.45) is 3.62. The number of hydrogen-bond acceptors (Lipinski definition) is 6. The first kappa shape index (κ1) is 20.6. The Labute approximate surface area is 187 Å². The van der Waals surface area contributed by atoms with Gasteiger partial charge in [0.15, 0.2) is 0 Å². The van der Waals surface area contributed by atoms with Crippen LogP contribution in [0, 0.1) is 11.8 Å². The number of pyridine rings is 1. The van der Waals surface area contributed by atoms with Crippen molar-refractivity contribution in [2.45, 2.75) is 43.0 Å². The molecule has 0 radical (unpaired) electrons. The van der Waals surface area contributed by atoms with Crippen LogP contribution in [0.4, 0.5) is 4.79 Å². The summed E-state index contributed by atoms with van der Waals surface area (Å²) in [5.41, 5.74) is 1.25. The molecule has 164 valence electrons. The van der Waals surface area contributed by atoms with E-state index < -0.39 is 5.60 Å². The molecule has 2 aliphatic heterocycles. The number of thioether (sulfide) groups is 1. The van der Waals surface area contributed by atoms with Crippen LogP contribution < -0.4 is 4.74 Å². The van der Waals surface area contributed by atoms with Crippen LogP contribution in [0.2, 0.25) is 0 Å². The highest BCUT2D eigenvalue weighted by molar-refractivity contribution is 7.98. The molecule has 1 amide bonds. The molecule has 1 aromatic carbocycles. The molecule has 31 heavy (non-hydrogen) atoms. The molecule has 7 heteroatoms. The lowest BCUT2D eigenvalue weighted by atomic mass is 9.57. The fraction of sp³-hybridized carbons (Fsp3) is 0.500. The average molecular weight is 441 g/mol. The van der Waals surface area contributed by atoms with E-state index in [0.717, 1.165) is 17.0 Å². The molecule has 1 spiro atoms. The van der Waals surface area contributed by atoms with Gasteiger partial charge in [-0.25, -0.2) is 4.79 Å². The van der Waals surface area contributed by atoms with Gasteiger partial charge in [-0.05, 0) is 51.3 Å². The molecule has 3 aliphatic rings. The number of amides is 1. The lowest BCUT2D eigenvalue weighted by molar-refractivity contribution is -0.322. The number of hydrogen-bond donors (Lipinski definition) is 0. The van der Waals surface area contributed by atoms with Gasteiger partial charge < -0.3 is 19.1 Å². The first-order valence-corrected chi connectivity index (χ1v) is 11.9. The average Bonchev–Trinajstić information content (AvgIpc) is 3.13. The molecule has 3 heterocycles. The maximum Gasteiger partial charge on any atom is 0.410 e. The second-order valence-corrected chi connectivity index (χ2v) is 10.4. The molecule has 4 atom stereocenters. The van der Waals surface area contributed by atoms with Crippen LogP contribution in [-0.2, 0) is 9.47 Å². The van der Waals surface area contributed by atoms with Crippen molar-refractivity contribution in [2.75, 3.05) is 26.0 Å². The summed E-state index contributed by atoms with van der Waals surface area (Å²) in [5.74, 6) is 1.23. The molecule has 0 bridgehead atoms. The van der Waals surface area contributed by atoms with Crippen molar-refractivity contribution in [1.82, 2.24) is 9.88 Å². The summed E-state index contributed by atoms with van der Waals surface area (Å²) in [7, 11) is 0. The third-order valence-electron chi connectivity index (χ3n) is 6.48. The minimum Gasteiger partial charge on any atom is -0.488 e. The van der Waals surface area contributed by atoms with Crippen LogP contribution in [-0.4, -0.2) is 59.2 Å². The molecular weight excluding hydrogens is 412 g/mol. The van der Waals surface area contributed by atoms with E-state index in [1.54, 1.807) is 22.9 Å². The predicted molar refractivity (Wildman–Crippen MR) is 119 cm³/mol. The molecule has 6 nitrogen and oxygen atoms in total. The Hall–Kier alpha value is -2.25. The van der Waals surface area contributed by atoms with Gasteiger partial charge in [0.2, 0.25) is 0 Å². The highest BCUT2D eigenvalue weighted by Crippen LogP contribution is 2.59. The molecule has 0 N–H and O–H groups in total. The molecule has 5 rings (SSSR count). The quantitative estimate of drug-likeness (QED) is 0.653. The number of carbonyl (C=O) groups is 1. The third kappa shape index (κ3) is 3.57. The molecule has 4 unspecified atom stereocenters. The topological polar surface area (TPSA) is 60.9 Å². The Kier molecular flexibility index (Phi) is 4.94. The smallest absolute Gasteiger partial charge is 0.410 e. The van der Waals surface area contributed by atoms with Crippen LogP contribution in [0.3, 0.4) is 0 Å². The Morgan fingerprint density at radius 1 is 1.19 bits per heavy atom. The van der Waals surface area contributed by atoms with Crippen molar-refractivity contribution in [2.24, 2.45) is 11.8 Å². The van der Waals surface area contributed by atoms with E-state index in [1.165, 1.54) is 4.90 Å². The van der Waals surface area contributed by atoms with Crippen molar-refractivity contribution in [3.8, 4) is 17.0 Å². The Balaban J connectivity index is 1.25. The van der Waals surface area contributed by atoms with Crippen LogP contribution in [0.15, 0.2) is 47.5 Å². The maximum absolute atomic E-state index is 12.5. The van der Waals surface area contributed by atoms with E-state index in [2.05, 4.69) is 35.5 Å². The lowest BCUT2D eigenvalue weighted by Crippen LogP contribution is -2.76. The first-order valence-electron chi connectivity index (χ1n) is 10.7. The van der Waals surface area contributed by atoms with Gasteiger partial charge in [0.05, 0.1) is 31.0 Å². The monoisotopic (exact) mass is 440 g/mol.